The summed E-state index contributed by atoms with van der Waals surface area (Å²) in [6, 6.07) is 0. The molecule has 0 saturated heterocycles. The minimum Gasteiger partial charge on any atom is -0.391 e. The number of ether oxygens (including phenoxy) is 1. The molecule has 160 valence electrons. The number of aliphatic hydroxyl groups is 1. The van der Waals surface area contributed by atoms with E-state index in [4.69, 9.17) is 9.84 Å². The van der Waals surface area contributed by atoms with E-state index < -0.39 is 0 Å². The van der Waals surface area contributed by atoms with Crippen molar-refractivity contribution in [2.24, 2.45) is 0 Å². The second-order valence-corrected chi connectivity index (χ2v) is 7.73. The van der Waals surface area contributed by atoms with Crippen LogP contribution in [0.2, 0.25) is 0 Å². The van der Waals surface area contributed by atoms with Crippen molar-refractivity contribution in [3.05, 3.63) is 0 Å². The van der Waals surface area contributed by atoms with Crippen molar-refractivity contribution in [1.82, 2.24) is 5.32 Å². The first-order valence-electron chi connectivity index (χ1n) is 11.5. The number of nitrogens with one attached hydrogen (secondary N) is 1. The van der Waals surface area contributed by atoms with Gasteiger partial charge in [-0.15, -0.1) is 0 Å². The zero-order valence-electron chi connectivity index (χ0n) is 18.7. The van der Waals surface area contributed by atoms with Crippen LogP contribution in [-0.2, 0) is 4.74 Å². The normalized spacial score (nSPS) is 11.9. The lowest BCUT2D eigenvalue weighted by atomic mass is 10.0. The number of hydrogen-bond acceptors (Lipinski definition) is 3. The van der Waals surface area contributed by atoms with Crippen molar-refractivity contribution in [2.75, 3.05) is 27.3 Å². The maximum absolute atomic E-state index is 9.06. The number of aliphatic hydroxyl groups excluding tert-OH is 1. The lowest BCUT2D eigenvalue weighted by Crippen LogP contribution is -2.10. The summed E-state index contributed by atoms with van der Waals surface area (Å²) in [5, 5.41) is 11.8. The predicted molar refractivity (Wildman–Crippen MR) is 117 cm³/mol. The molecule has 0 aromatic heterocycles. The highest BCUT2D eigenvalue weighted by Gasteiger charge is 1.96. The fourth-order valence-corrected chi connectivity index (χ4v) is 3.01. The van der Waals surface area contributed by atoms with Gasteiger partial charge in [-0.1, -0.05) is 103 Å². The fourth-order valence-electron chi connectivity index (χ4n) is 3.01. The van der Waals surface area contributed by atoms with Gasteiger partial charge in [0.25, 0.3) is 0 Å². The first-order valence-corrected chi connectivity index (χ1v) is 11.5. The topological polar surface area (TPSA) is 41.5 Å². The molecule has 0 aliphatic heterocycles. The third-order valence-electron chi connectivity index (χ3n) is 4.50. The number of hydrogen-bond donors (Lipinski definition) is 2. The lowest BCUT2D eigenvalue weighted by Gasteiger charge is -2.06. The zero-order chi connectivity index (χ0) is 19.7. The Kier molecular flexibility index (Phi) is 29.3. The molecule has 0 bridgehead atoms. The average Bonchev–Trinajstić information content (AvgIpc) is 2.61. The van der Waals surface area contributed by atoms with Crippen LogP contribution < -0.4 is 5.32 Å². The highest BCUT2D eigenvalue weighted by Crippen LogP contribution is 2.13. The van der Waals surface area contributed by atoms with Crippen LogP contribution in [0.25, 0.3) is 0 Å². The Morgan fingerprint density at radius 2 is 0.962 bits per heavy atom. The van der Waals surface area contributed by atoms with E-state index in [0.717, 1.165) is 13.0 Å². The first-order chi connectivity index (χ1) is 12.7. The van der Waals surface area contributed by atoms with E-state index in [0.29, 0.717) is 6.61 Å². The van der Waals surface area contributed by atoms with Crippen LogP contribution in [0.1, 0.15) is 117 Å². The lowest BCUT2D eigenvalue weighted by molar-refractivity contribution is 0.0445. The summed E-state index contributed by atoms with van der Waals surface area (Å²) in [7, 11) is 3.75. The molecule has 2 N–H and O–H groups in total. The first kappa shape index (κ1) is 28.1. The van der Waals surface area contributed by atoms with Crippen LogP contribution in [0.15, 0.2) is 0 Å². The molecule has 0 saturated carbocycles. The van der Waals surface area contributed by atoms with Gasteiger partial charge in [0.1, 0.15) is 0 Å². The van der Waals surface area contributed by atoms with Gasteiger partial charge in [-0.05, 0) is 27.4 Å². The Bertz CT molecular complexity index is 222. The Hall–Kier alpha value is -0.120. The SMILES string of the molecule is CCCCCCCCCCCCCCCCCCOCC(C)O.CNC. The molecule has 0 aromatic carbocycles. The van der Waals surface area contributed by atoms with Crippen molar-refractivity contribution in [2.45, 2.75) is 123 Å². The van der Waals surface area contributed by atoms with Gasteiger partial charge in [-0.3, -0.25) is 0 Å². The Labute approximate surface area is 165 Å². The van der Waals surface area contributed by atoms with Crippen LogP contribution in [0, 0.1) is 0 Å². The van der Waals surface area contributed by atoms with Gasteiger partial charge < -0.3 is 15.2 Å². The van der Waals surface area contributed by atoms with Gasteiger partial charge in [-0.25, -0.2) is 0 Å². The van der Waals surface area contributed by atoms with Crippen LogP contribution >= 0.6 is 0 Å². The van der Waals surface area contributed by atoms with E-state index in [-0.39, 0.29) is 6.10 Å². The van der Waals surface area contributed by atoms with Gasteiger partial charge in [0.05, 0.1) is 12.7 Å². The Balaban J connectivity index is 0. The molecule has 0 radical (unpaired) electrons. The molecule has 0 aliphatic rings. The zero-order valence-corrected chi connectivity index (χ0v) is 18.7. The largest absolute Gasteiger partial charge is 0.391 e. The third-order valence-corrected chi connectivity index (χ3v) is 4.50. The third kappa shape index (κ3) is 31.6. The highest BCUT2D eigenvalue weighted by atomic mass is 16.5. The summed E-state index contributed by atoms with van der Waals surface area (Å²) in [6.07, 6.45) is 22.1. The molecular formula is C23H51NO2. The summed E-state index contributed by atoms with van der Waals surface area (Å²) >= 11 is 0. The quantitative estimate of drug-likeness (QED) is 0.255. The Morgan fingerprint density at radius 3 is 1.27 bits per heavy atom. The molecule has 0 amide bonds. The maximum atomic E-state index is 9.06. The summed E-state index contributed by atoms with van der Waals surface area (Å²) < 4.78 is 5.36. The molecule has 0 heterocycles. The molecule has 3 heteroatoms. The van der Waals surface area contributed by atoms with E-state index in [1.54, 1.807) is 6.92 Å². The van der Waals surface area contributed by atoms with Gasteiger partial charge in [0, 0.05) is 6.61 Å². The second kappa shape index (κ2) is 27.1. The van der Waals surface area contributed by atoms with Crippen molar-refractivity contribution in [3.8, 4) is 0 Å². The number of unbranched alkanes of at least 4 members (excludes halogenated alkanes) is 15. The minimum absolute atomic E-state index is 0.323. The molecule has 26 heavy (non-hydrogen) atoms. The smallest absolute Gasteiger partial charge is 0.0745 e. The van der Waals surface area contributed by atoms with E-state index in [9.17, 15) is 0 Å². The molecule has 1 unspecified atom stereocenters. The summed E-state index contributed by atoms with van der Waals surface area (Å²) in [5.41, 5.74) is 0. The van der Waals surface area contributed by atoms with Crippen molar-refractivity contribution >= 4 is 0 Å². The Morgan fingerprint density at radius 1 is 0.654 bits per heavy atom. The molecule has 0 aromatic rings. The minimum atomic E-state index is -0.323. The van der Waals surface area contributed by atoms with Gasteiger partial charge in [-0.2, -0.15) is 0 Å². The molecule has 0 rings (SSSR count). The molecular weight excluding hydrogens is 322 g/mol. The van der Waals surface area contributed by atoms with Crippen LogP contribution in [0.5, 0.6) is 0 Å². The van der Waals surface area contributed by atoms with Crippen molar-refractivity contribution in [1.29, 1.82) is 0 Å². The van der Waals surface area contributed by atoms with Gasteiger partial charge in [0.2, 0.25) is 0 Å². The van der Waals surface area contributed by atoms with Crippen LogP contribution in [0.4, 0.5) is 0 Å². The molecule has 0 aliphatic carbocycles. The van der Waals surface area contributed by atoms with E-state index in [1.807, 2.05) is 14.1 Å². The van der Waals surface area contributed by atoms with Crippen molar-refractivity contribution in [3.63, 3.8) is 0 Å². The summed E-state index contributed by atoms with van der Waals surface area (Å²) in [5.74, 6) is 0. The maximum Gasteiger partial charge on any atom is 0.0745 e. The summed E-state index contributed by atoms with van der Waals surface area (Å²) in [6.45, 7) is 5.35. The van der Waals surface area contributed by atoms with Gasteiger partial charge >= 0.3 is 0 Å². The standard InChI is InChI=1S/C21H44O2.C2H7N/c1-3-4-5-6-7-8-9-10-11-12-13-14-15-16-17-18-19-23-20-21(2)22;1-3-2/h21-22H,3-20H2,1-2H3;3H,1-2H3. The average molecular weight is 374 g/mol. The summed E-state index contributed by atoms with van der Waals surface area (Å²) in [4.78, 5) is 0. The fraction of sp³-hybridized carbons (Fsp3) is 1.00. The van der Waals surface area contributed by atoms with Crippen molar-refractivity contribution < 1.29 is 9.84 Å². The van der Waals surface area contributed by atoms with E-state index in [2.05, 4.69) is 12.2 Å². The van der Waals surface area contributed by atoms with Gasteiger partial charge in [0.15, 0.2) is 0 Å². The number of rotatable bonds is 19. The van der Waals surface area contributed by atoms with E-state index in [1.165, 1.54) is 96.3 Å². The van der Waals surface area contributed by atoms with E-state index >= 15 is 0 Å². The predicted octanol–water partition coefficient (Wildman–Crippen LogP) is 6.48. The molecule has 0 fully saturated rings. The van der Waals surface area contributed by atoms with Crippen LogP contribution in [-0.4, -0.2) is 38.5 Å². The molecule has 1 atom stereocenters. The van der Waals surface area contributed by atoms with Crippen LogP contribution in [0.3, 0.4) is 0 Å². The second-order valence-electron chi connectivity index (χ2n) is 7.73. The monoisotopic (exact) mass is 373 g/mol. The highest BCUT2D eigenvalue weighted by molar-refractivity contribution is 4.50. The molecule has 0 spiro atoms. The molecule has 3 nitrogen and oxygen atoms in total.